The normalized spacial score (nSPS) is 10.6. The minimum atomic E-state index is 0. The fraction of sp³-hybridized carbons (Fsp3) is 0.381. The van der Waals surface area contributed by atoms with Gasteiger partial charge in [-0.1, -0.05) is 36.4 Å². The van der Waals surface area contributed by atoms with Crippen LogP contribution in [0, 0.1) is 0 Å². The summed E-state index contributed by atoms with van der Waals surface area (Å²) in [4.78, 5) is 4.27. The summed E-state index contributed by atoms with van der Waals surface area (Å²) in [5.41, 5.74) is 2.35. The lowest BCUT2D eigenvalue weighted by molar-refractivity contribution is 0.322. The summed E-state index contributed by atoms with van der Waals surface area (Å²) in [5, 5.41) is 6.67. The first-order chi connectivity index (χ1) is 13.2. The molecule has 0 amide bonds. The maximum Gasteiger partial charge on any atom is 0.203 e. The predicted octanol–water partition coefficient (Wildman–Crippen LogP) is 3.28. The van der Waals surface area contributed by atoms with Crippen LogP contribution in [-0.4, -0.2) is 47.4 Å². The molecule has 0 spiro atoms. The minimum Gasteiger partial charge on any atom is -0.493 e. The van der Waals surface area contributed by atoms with E-state index in [0.717, 1.165) is 37.5 Å². The van der Waals surface area contributed by atoms with Gasteiger partial charge in [0.15, 0.2) is 17.5 Å². The van der Waals surface area contributed by atoms with E-state index >= 15 is 0 Å². The number of halogens is 1. The molecule has 0 saturated heterocycles. The monoisotopic (exact) mass is 499 g/mol. The molecule has 2 N–H and O–H groups in total. The Labute approximate surface area is 184 Å². The van der Waals surface area contributed by atoms with Crippen molar-refractivity contribution in [2.45, 2.75) is 12.8 Å². The lowest BCUT2D eigenvalue weighted by atomic mass is 10.1. The third-order valence-electron chi connectivity index (χ3n) is 4.25. The zero-order valence-electron chi connectivity index (χ0n) is 17.0. The standard InChI is InChI=1S/C21H29N3O3.HI/c1-22-21(23-14-12-16-8-6-5-7-9-16)24-15-13-17-10-11-18(25-2)20(27-4)19(17)26-3;/h5-11H,12-15H2,1-4H3,(H2,22,23,24);1H. The van der Waals surface area contributed by atoms with Gasteiger partial charge in [0.1, 0.15) is 0 Å². The fourth-order valence-electron chi connectivity index (χ4n) is 2.87. The highest BCUT2D eigenvalue weighted by atomic mass is 127. The van der Waals surface area contributed by atoms with Crippen LogP contribution in [0.4, 0.5) is 0 Å². The highest BCUT2D eigenvalue weighted by molar-refractivity contribution is 14.0. The van der Waals surface area contributed by atoms with Crippen LogP contribution in [0.15, 0.2) is 47.5 Å². The van der Waals surface area contributed by atoms with E-state index in [1.165, 1.54) is 5.56 Å². The first-order valence-corrected chi connectivity index (χ1v) is 8.99. The molecular weight excluding hydrogens is 469 g/mol. The van der Waals surface area contributed by atoms with Crippen molar-refractivity contribution < 1.29 is 14.2 Å². The molecule has 0 fully saturated rings. The van der Waals surface area contributed by atoms with Gasteiger partial charge in [-0.3, -0.25) is 4.99 Å². The topological polar surface area (TPSA) is 64.1 Å². The molecule has 0 aliphatic heterocycles. The molecular formula is C21H30IN3O3. The van der Waals surface area contributed by atoms with Gasteiger partial charge < -0.3 is 24.8 Å². The van der Waals surface area contributed by atoms with E-state index in [4.69, 9.17) is 14.2 Å². The van der Waals surface area contributed by atoms with Gasteiger partial charge >= 0.3 is 0 Å². The molecule has 0 aromatic heterocycles. The Balaban J connectivity index is 0.00000392. The Bertz CT molecular complexity index is 739. The molecule has 7 heteroatoms. The molecule has 0 bridgehead atoms. The van der Waals surface area contributed by atoms with Crippen LogP contribution in [0.25, 0.3) is 0 Å². The average Bonchev–Trinajstić information content (AvgIpc) is 2.72. The summed E-state index contributed by atoms with van der Waals surface area (Å²) < 4.78 is 16.3. The zero-order chi connectivity index (χ0) is 19.5. The molecule has 0 atom stereocenters. The van der Waals surface area contributed by atoms with Crippen LogP contribution >= 0.6 is 24.0 Å². The largest absolute Gasteiger partial charge is 0.493 e. The molecule has 2 aromatic carbocycles. The predicted molar refractivity (Wildman–Crippen MR) is 125 cm³/mol. The Morgan fingerprint density at radius 1 is 0.821 bits per heavy atom. The molecule has 2 rings (SSSR count). The van der Waals surface area contributed by atoms with Crippen molar-refractivity contribution in [1.82, 2.24) is 10.6 Å². The summed E-state index contributed by atoms with van der Waals surface area (Å²) in [6.45, 7) is 1.54. The summed E-state index contributed by atoms with van der Waals surface area (Å²) in [7, 11) is 6.64. The minimum absolute atomic E-state index is 0. The van der Waals surface area contributed by atoms with E-state index in [9.17, 15) is 0 Å². The van der Waals surface area contributed by atoms with Crippen molar-refractivity contribution in [3.05, 3.63) is 53.6 Å². The van der Waals surface area contributed by atoms with E-state index in [0.29, 0.717) is 17.2 Å². The number of aliphatic imine (C=N–C) groups is 1. The van der Waals surface area contributed by atoms with E-state index in [2.05, 4.69) is 39.9 Å². The lowest BCUT2D eigenvalue weighted by Gasteiger charge is -2.16. The number of hydrogen-bond acceptors (Lipinski definition) is 4. The van der Waals surface area contributed by atoms with Gasteiger partial charge in [0.05, 0.1) is 21.3 Å². The second-order valence-electron chi connectivity index (χ2n) is 5.90. The molecule has 0 heterocycles. The van der Waals surface area contributed by atoms with Gasteiger partial charge in [0.2, 0.25) is 5.75 Å². The smallest absolute Gasteiger partial charge is 0.203 e. The quantitative estimate of drug-likeness (QED) is 0.315. The van der Waals surface area contributed by atoms with Gasteiger partial charge in [-0.25, -0.2) is 0 Å². The van der Waals surface area contributed by atoms with Crippen LogP contribution in [0.5, 0.6) is 17.2 Å². The maximum absolute atomic E-state index is 5.53. The number of benzene rings is 2. The van der Waals surface area contributed by atoms with Crippen LogP contribution in [-0.2, 0) is 12.8 Å². The van der Waals surface area contributed by atoms with Gasteiger partial charge in [0, 0.05) is 25.7 Å². The van der Waals surface area contributed by atoms with Crippen molar-refractivity contribution >= 4 is 29.9 Å². The second kappa shape index (κ2) is 13.1. The Morgan fingerprint density at radius 2 is 1.46 bits per heavy atom. The number of hydrogen-bond donors (Lipinski definition) is 2. The van der Waals surface area contributed by atoms with Crippen LogP contribution < -0.4 is 24.8 Å². The number of nitrogens with zero attached hydrogens (tertiary/aromatic N) is 1. The zero-order valence-corrected chi connectivity index (χ0v) is 19.3. The van der Waals surface area contributed by atoms with Crippen LogP contribution in [0.1, 0.15) is 11.1 Å². The average molecular weight is 499 g/mol. The number of rotatable bonds is 9. The molecule has 6 nitrogen and oxygen atoms in total. The number of guanidine groups is 1. The van der Waals surface area contributed by atoms with Gasteiger partial charge in [0.25, 0.3) is 0 Å². The summed E-state index contributed by atoms with van der Waals surface area (Å²) in [6, 6.07) is 14.3. The molecule has 0 saturated carbocycles. The first-order valence-electron chi connectivity index (χ1n) is 8.99. The highest BCUT2D eigenvalue weighted by Crippen LogP contribution is 2.39. The van der Waals surface area contributed by atoms with Crippen LogP contribution in [0.2, 0.25) is 0 Å². The number of nitrogens with one attached hydrogen (secondary N) is 2. The third kappa shape index (κ3) is 6.78. The van der Waals surface area contributed by atoms with E-state index in [1.54, 1.807) is 28.4 Å². The van der Waals surface area contributed by atoms with Crippen molar-refractivity contribution in [2.24, 2.45) is 4.99 Å². The molecule has 0 aliphatic carbocycles. The molecule has 154 valence electrons. The second-order valence-corrected chi connectivity index (χ2v) is 5.90. The Morgan fingerprint density at radius 3 is 2.04 bits per heavy atom. The molecule has 28 heavy (non-hydrogen) atoms. The fourth-order valence-corrected chi connectivity index (χ4v) is 2.87. The molecule has 0 aliphatic rings. The Hall–Kier alpha value is -2.16. The summed E-state index contributed by atoms with van der Waals surface area (Å²) >= 11 is 0. The summed E-state index contributed by atoms with van der Waals surface area (Å²) in [6.07, 6.45) is 1.72. The van der Waals surface area contributed by atoms with Crippen molar-refractivity contribution in [3.8, 4) is 17.2 Å². The molecule has 0 radical (unpaired) electrons. The van der Waals surface area contributed by atoms with Crippen LogP contribution in [0.3, 0.4) is 0 Å². The van der Waals surface area contributed by atoms with Gasteiger partial charge in [-0.05, 0) is 24.5 Å². The maximum atomic E-state index is 5.53. The van der Waals surface area contributed by atoms with Crippen molar-refractivity contribution in [1.29, 1.82) is 0 Å². The number of methoxy groups -OCH3 is 3. The third-order valence-corrected chi connectivity index (χ3v) is 4.25. The molecule has 2 aromatic rings. The van der Waals surface area contributed by atoms with Gasteiger partial charge in [-0.2, -0.15) is 0 Å². The van der Waals surface area contributed by atoms with E-state index in [-0.39, 0.29) is 24.0 Å². The van der Waals surface area contributed by atoms with E-state index in [1.807, 2.05) is 18.2 Å². The van der Waals surface area contributed by atoms with Crippen molar-refractivity contribution in [3.63, 3.8) is 0 Å². The SMILES string of the molecule is CN=C(NCCc1ccccc1)NCCc1ccc(OC)c(OC)c1OC.I. The first kappa shape index (κ1) is 23.9. The number of ether oxygens (including phenoxy) is 3. The highest BCUT2D eigenvalue weighted by Gasteiger charge is 2.15. The van der Waals surface area contributed by atoms with Gasteiger partial charge in [-0.15, -0.1) is 24.0 Å². The summed E-state index contributed by atoms with van der Waals surface area (Å²) in [5.74, 6) is 2.75. The Kier molecular flexibility index (Phi) is 11.2. The lowest BCUT2D eigenvalue weighted by Crippen LogP contribution is -2.39. The van der Waals surface area contributed by atoms with Crippen molar-refractivity contribution in [2.75, 3.05) is 41.5 Å². The molecule has 0 unspecified atom stereocenters. The van der Waals surface area contributed by atoms with E-state index < -0.39 is 0 Å².